The minimum absolute atomic E-state index is 0.218. The van der Waals surface area contributed by atoms with Crippen molar-refractivity contribution in [2.45, 2.75) is 10.9 Å². The lowest BCUT2D eigenvalue weighted by Crippen LogP contribution is -2.13. The minimum Gasteiger partial charge on any atom is -0.494 e. The SMILES string of the molecule is COc1ccc(C(N)CSc2ccc(Br)cc2)cc1F. The number of methoxy groups -OCH3 is 1. The van der Waals surface area contributed by atoms with Gasteiger partial charge in [0.25, 0.3) is 0 Å². The molecule has 0 spiro atoms. The van der Waals surface area contributed by atoms with E-state index in [2.05, 4.69) is 15.9 Å². The average molecular weight is 356 g/mol. The molecule has 5 heteroatoms. The molecule has 0 saturated heterocycles. The summed E-state index contributed by atoms with van der Waals surface area (Å²) in [6, 6.07) is 12.6. The van der Waals surface area contributed by atoms with Gasteiger partial charge in [-0.15, -0.1) is 11.8 Å². The van der Waals surface area contributed by atoms with Crippen LogP contribution in [0.1, 0.15) is 11.6 Å². The van der Waals surface area contributed by atoms with Crippen LogP contribution < -0.4 is 10.5 Å². The molecule has 0 bridgehead atoms. The minimum atomic E-state index is -0.380. The zero-order valence-electron chi connectivity index (χ0n) is 11.0. The van der Waals surface area contributed by atoms with E-state index in [1.165, 1.54) is 13.2 Å². The Kier molecular flexibility index (Phi) is 5.46. The lowest BCUT2D eigenvalue weighted by atomic mass is 10.1. The Morgan fingerprint density at radius 2 is 1.95 bits per heavy atom. The summed E-state index contributed by atoms with van der Waals surface area (Å²) in [6.07, 6.45) is 0. The van der Waals surface area contributed by atoms with Gasteiger partial charge in [-0.05, 0) is 42.0 Å². The largest absolute Gasteiger partial charge is 0.494 e. The number of benzene rings is 2. The molecule has 1 atom stereocenters. The first kappa shape index (κ1) is 15.4. The molecule has 0 amide bonds. The Morgan fingerprint density at radius 1 is 1.25 bits per heavy atom. The third-order valence-corrected chi connectivity index (χ3v) is 4.51. The molecule has 0 heterocycles. The monoisotopic (exact) mass is 355 g/mol. The molecule has 0 fully saturated rings. The number of thioether (sulfide) groups is 1. The summed E-state index contributed by atoms with van der Waals surface area (Å²) < 4.78 is 19.6. The van der Waals surface area contributed by atoms with Crippen molar-refractivity contribution in [1.82, 2.24) is 0 Å². The maximum Gasteiger partial charge on any atom is 0.165 e. The highest BCUT2D eigenvalue weighted by atomic mass is 79.9. The van der Waals surface area contributed by atoms with Gasteiger partial charge in [0.1, 0.15) is 0 Å². The highest BCUT2D eigenvalue weighted by Crippen LogP contribution is 2.27. The van der Waals surface area contributed by atoms with Crippen molar-refractivity contribution < 1.29 is 9.13 Å². The van der Waals surface area contributed by atoms with Crippen molar-refractivity contribution in [3.05, 3.63) is 58.3 Å². The molecule has 2 aromatic rings. The maximum absolute atomic E-state index is 13.6. The molecule has 2 N–H and O–H groups in total. The van der Waals surface area contributed by atoms with Crippen molar-refractivity contribution in [1.29, 1.82) is 0 Å². The Hall–Kier alpha value is -1.04. The van der Waals surface area contributed by atoms with Gasteiger partial charge in [0, 0.05) is 21.2 Å². The number of ether oxygens (including phenoxy) is 1. The molecule has 2 rings (SSSR count). The van der Waals surface area contributed by atoms with E-state index in [1.807, 2.05) is 24.3 Å². The first-order valence-electron chi connectivity index (χ1n) is 6.07. The zero-order chi connectivity index (χ0) is 14.5. The van der Waals surface area contributed by atoms with E-state index >= 15 is 0 Å². The third-order valence-electron chi connectivity index (χ3n) is 2.85. The molecule has 0 aliphatic carbocycles. The van der Waals surface area contributed by atoms with E-state index < -0.39 is 0 Å². The lowest BCUT2D eigenvalue weighted by molar-refractivity contribution is 0.386. The van der Waals surface area contributed by atoms with Crippen LogP contribution in [0.25, 0.3) is 0 Å². The van der Waals surface area contributed by atoms with Gasteiger partial charge in [-0.2, -0.15) is 0 Å². The number of rotatable bonds is 5. The van der Waals surface area contributed by atoms with E-state index in [-0.39, 0.29) is 17.6 Å². The van der Waals surface area contributed by atoms with Gasteiger partial charge < -0.3 is 10.5 Å². The van der Waals surface area contributed by atoms with E-state index in [0.717, 1.165) is 14.9 Å². The van der Waals surface area contributed by atoms with Gasteiger partial charge in [0.2, 0.25) is 0 Å². The molecule has 106 valence electrons. The lowest BCUT2D eigenvalue weighted by Gasteiger charge is -2.13. The Morgan fingerprint density at radius 3 is 2.55 bits per heavy atom. The van der Waals surface area contributed by atoms with Gasteiger partial charge in [-0.1, -0.05) is 22.0 Å². The molecule has 0 aliphatic heterocycles. The molecular formula is C15H15BrFNOS. The first-order valence-corrected chi connectivity index (χ1v) is 7.85. The fourth-order valence-electron chi connectivity index (χ4n) is 1.73. The molecular weight excluding hydrogens is 341 g/mol. The molecule has 0 aliphatic rings. The van der Waals surface area contributed by atoms with E-state index in [1.54, 1.807) is 23.9 Å². The molecule has 2 aromatic carbocycles. The van der Waals surface area contributed by atoms with Crippen molar-refractivity contribution in [3.8, 4) is 5.75 Å². The van der Waals surface area contributed by atoms with Gasteiger partial charge in [0.15, 0.2) is 11.6 Å². The van der Waals surface area contributed by atoms with Crippen LogP contribution in [-0.2, 0) is 0 Å². The van der Waals surface area contributed by atoms with Crippen LogP contribution in [0.2, 0.25) is 0 Å². The van der Waals surface area contributed by atoms with E-state index in [9.17, 15) is 4.39 Å². The van der Waals surface area contributed by atoms with Crippen LogP contribution in [0.15, 0.2) is 51.8 Å². The molecule has 0 radical (unpaired) electrons. The van der Waals surface area contributed by atoms with E-state index in [4.69, 9.17) is 10.5 Å². The predicted octanol–water partition coefficient (Wildman–Crippen LogP) is 4.39. The van der Waals surface area contributed by atoms with Crippen LogP contribution >= 0.6 is 27.7 Å². The Labute approximate surface area is 130 Å². The summed E-state index contributed by atoms with van der Waals surface area (Å²) in [5.41, 5.74) is 6.87. The van der Waals surface area contributed by atoms with Crippen LogP contribution in [0.4, 0.5) is 4.39 Å². The van der Waals surface area contributed by atoms with Crippen molar-refractivity contribution in [3.63, 3.8) is 0 Å². The summed E-state index contributed by atoms with van der Waals surface area (Å²) in [6.45, 7) is 0. The zero-order valence-corrected chi connectivity index (χ0v) is 13.4. The number of hydrogen-bond acceptors (Lipinski definition) is 3. The van der Waals surface area contributed by atoms with Crippen LogP contribution in [0.5, 0.6) is 5.75 Å². The first-order chi connectivity index (χ1) is 9.60. The molecule has 1 unspecified atom stereocenters. The van der Waals surface area contributed by atoms with Crippen LogP contribution in [0, 0.1) is 5.82 Å². The fraction of sp³-hybridized carbons (Fsp3) is 0.200. The molecule has 20 heavy (non-hydrogen) atoms. The maximum atomic E-state index is 13.6. The fourth-order valence-corrected chi connectivity index (χ4v) is 2.88. The average Bonchev–Trinajstić information content (AvgIpc) is 2.46. The summed E-state index contributed by atoms with van der Waals surface area (Å²) in [5.74, 6) is 0.545. The van der Waals surface area contributed by atoms with Gasteiger partial charge in [-0.3, -0.25) is 0 Å². The highest BCUT2D eigenvalue weighted by molar-refractivity contribution is 9.10. The second kappa shape index (κ2) is 7.11. The molecule has 2 nitrogen and oxygen atoms in total. The summed E-state index contributed by atoms with van der Waals surface area (Å²) in [5, 5.41) is 0. The second-order valence-corrected chi connectivity index (χ2v) is 6.27. The van der Waals surface area contributed by atoms with E-state index in [0.29, 0.717) is 5.75 Å². The van der Waals surface area contributed by atoms with Gasteiger partial charge in [0.05, 0.1) is 7.11 Å². The Balaban J connectivity index is 1.99. The van der Waals surface area contributed by atoms with Gasteiger partial charge >= 0.3 is 0 Å². The molecule has 0 aromatic heterocycles. The van der Waals surface area contributed by atoms with Gasteiger partial charge in [-0.25, -0.2) is 4.39 Å². The topological polar surface area (TPSA) is 35.2 Å². The Bertz CT molecular complexity index is 577. The van der Waals surface area contributed by atoms with Crippen molar-refractivity contribution in [2.24, 2.45) is 5.73 Å². The summed E-state index contributed by atoms with van der Waals surface area (Å²) in [7, 11) is 1.45. The smallest absolute Gasteiger partial charge is 0.165 e. The quantitative estimate of drug-likeness (QED) is 0.807. The third kappa shape index (κ3) is 3.98. The number of halogens is 2. The van der Waals surface area contributed by atoms with Crippen LogP contribution in [0.3, 0.4) is 0 Å². The van der Waals surface area contributed by atoms with Crippen molar-refractivity contribution >= 4 is 27.7 Å². The highest BCUT2D eigenvalue weighted by Gasteiger charge is 2.10. The standard InChI is InChI=1S/C15H15BrFNOS/c1-19-15-7-2-10(8-13(15)17)14(18)9-20-12-5-3-11(16)4-6-12/h2-8,14H,9,18H2,1H3. The van der Waals surface area contributed by atoms with Crippen LogP contribution in [-0.4, -0.2) is 12.9 Å². The predicted molar refractivity (Wildman–Crippen MR) is 84.7 cm³/mol. The number of nitrogens with two attached hydrogens (primary N) is 1. The normalized spacial score (nSPS) is 12.2. The second-order valence-electron chi connectivity index (χ2n) is 4.27. The molecule has 0 saturated carbocycles. The summed E-state index contributed by atoms with van der Waals surface area (Å²) >= 11 is 5.04. The summed E-state index contributed by atoms with van der Waals surface area (Å²) in [4.78, 5) is 1.14. The van der Waals surface area contributed by atoms with Crippen molar-refractivity contribution in [2.75, 3.05) is 12.9 Å². The number of hydrogen-bond donors (Lipinski definition) is 1.